The molecule has 2 rings (SSSR count). The molecule has 1 aromatic heterocycles. The van der Waals surface area contributed by atoms with Crippen molar-refractivity contribution in [2.45, 2.75) is 39.7 Å². The van der Waals surface area contributed by atoms with E-state index < -0.39 is 0 Å². The minimum atomic E-state index is -0.0177. The van der Waals surface area contributed by atoms with Crippen LogP contribution in [-0.4, -0.2) is 46.6 Å². The second kappa shape index (κ2) is 6.54. The molecule has 0 saturated carbocycles. The van der Waals surface area contributed by atoms with Gasteiger partial charge in [-0.3, -0.25) is 0 Å². The number of ether oxygens (including phenoxy) is 1. The maximum absolute atomic E-state index is 11.8. The van der Waals surface area contributed by atoms with E-state index in [1.807, 2.05) is 26.8 Å². The van der Waals surface area contributed by atoms with Crippen molar-refractivity contribution in [2.75, 3.05) is 19.6 Å². The number of aromatic nitrogens is 2. The van der Waals surface area contributed by atoms with Gasteiger partial charge in [0.15, 0.2) is 0 Å². The highest BCUT2D eigenvalue weighted by Gasteiger charge is 2.24. The molecule has 0 unspecified atom stereocenters. The van der Waals surface area contributed by atoms with E-state index >= 15 is 0 Å². The lowest BCUT2D eigenvalue weighted by molar-refractivity contribution is 0.0977. The van der Waals surface area contributed by atoms with E-state index in [1.54, 1.807) is 4.90 Å². The van der Waals surface area contributed by atoms with Crippen molar-refractivity contribution < 1.29 is 9.53 Å². The van der Waals surface area contributed by atoms with Crippen molar-refractivity contribution in [2.24, 2.45) is 0 Å². The molecule has 110 valence electrons. The molecule has 20 heavy (non-hydrogen) atoms. The van der Waals surface area contributed by atoms with Crippen LogP contribution in [0.2, 0.25) is 0 Å². The summed E-state index contributed by atoms with van der Waals surface area (Å²) < 4.78 is 5.90. The van der Waals surface area contributed by atoms with Crippen LogP contribution in [0.4, 0.5) is 4.79 Å². The summed E-state index contributed by atoms with van der Waals surface area (Å²) in [6.45, 7) is 7.72. The SMILES string of the molecule is CCNC(=O)N1CCC[C@@H](Oc2cc(C)nc(C)n2)C1. The number of hydrogen-bond acceptors (Lipinski definition) is 4. The Balaban J connectivity index is 1.97. The minimum absolute atomic E-state index is 0.0000520. The van der Waals surface area contributed by atoms with Crippen LogP contribution < -0.4 is 10.1 Å². The lowest BCUT2D eigenvalue weighted by Gasteiger charge is -2.32. The standard InChI is InChI=1S/C14H22N4O2/c1-4-15-14(19)18-7-5-6-12(9-18)20-13-8-10(2)16-11(3)17-13/h8,12H,4-7,9H2,1-3H3,(H,15,19)/t12-/m1/s1. The molecule has 2 heterocycles. The van der Waals surface area contributed by atoms with Gasteiger partial charge in [0.2, 0.25) is 5.88 Å². The number of nitrogens with zero attached hydrogens (tertiary/aromatic N) is 3. The van der Waals surface area contributed by atoms with Gasteiger partial charge in [-0.25, -0.2) is 9.78 Å². The summed E-state index contributed by atoms with van der Waals surface area (Å²) in [6.07, 6.45) is 1.89. The molecular weight excluding hydrogens is 256 g/mol. The molecule has 0 radical (unpaired) electrons. The molecule has 0 spiro atoms. The first kappa shape index (κ1) is 14.6. The average molecular weight is 278 g/mol. The summed E-state index contributed by atoms with van der Waals surface area (Å²) in [7, 11) is 0. The van der Waals surface area contributed by atoms with Gasteiger partial charge >= 0.3 is 6.03 Å². The molecule has 1 atom stereocenters. The van der Waals surface area contributed by atoms with Crippen LogP contribution in [0.3, 0.4) is 0 Å². The predicted molar refractivity (Wildman–Crippen MR) is 75.8 cm³/mol. The van der Waals surface area contributed by atoms with Gasteiger partial charge in [0.25, 0.3) is 0 Å². The van der Waals surface area contributed by atoms with Gasteiger partial charge in [0, 0.05) is 24.8 Å². The number of piperidine rings is 1. The number of rotatable bonds is 3. The topological polar surface area (TPSA) is 67.4 Å². The van der Waals surface area contributed by atoms with E-state index in [4.69, 9.17) is 4.74 Å². The molecule has 6 nitrogen and oxygen atoms in total. The zero-order chi connectivity index (χ0) is 14.5. The van der Waals surface area contributed by atoms with Crippen LogP contribution in [0.1, 0.15) is 31.3 Å². The number of aryl methyl sites for hydroxylation is 2. The van der Waals surface area contributed by atoms with Crippen molar-refractivity contribution in [3.63, 3.8) is 0 Å². The molecule has 1 aromatic rings. The van der Waals surface area contributed by atoms with Crippen LogP contribution in [0.25, 0.3) is 0 Å². The van der Waals surface area contributed by atoms with Crippen molar-refractivity contribution >= 4 is 6.03 Å². The Hall–Kier alpha value is -1.85. The Kier molecular flexibility index (Phi) is 4.76. The number of urea groups is 1. The molecule has 1 saturated heterocycles. The van der Waals surface area contributed by atoms with Crippen molar-refractivity contribution in [3.05, 3.63) is 17.6 Å². The monoisotopic (exact) mass is 278 g/mol. The van der Waals surface area contributed by atoms with Crippen LogP contribution >= 0.6 is 0 Å². The first-order chi connectivity index (χ1) is 9.58. The van der Waals surface area contributed by atoms with Crippen molar-refractivity contribution in [1.82, 2.24) is 20.2 Å². The zero-order valence-corrected chi connectivity index (χ0v) is 12.3. The van der Waals surface area contributed by atoms with Crippen LogP contribution in [-0.2, 0) is 0 Å². The number of carbonyl (C=O) groups excluding carboxylic acids is 1. The van der Waals surface area contributed by atoms with E-state index in [0.29, 0.717) is 24.8 Å². The number of nitrogens with one attached hydrogen (secondary N) is 1. The quantitative estimate of drug-likeness (QED) is 0.913. The lowest BCUT2D eigenvalue weighted by atomic mass is 10.1. The van der Waals surface area contributed by atoms with Gasteiger partial charge in [-0.2, -0.15) is 4.98 Å². The third-order valence-corrected chi connectivity index (χ3v) is 3.22. The van der Waals surface area contributed by atoms with Gasteiger partial charge in [-0.1, -0.05) is 0 Å². The maximum atomic E-state index is 11.8. The van der Waals surface area contributed by atoms with Crippen molar-refractivity contribution in [3.8, 4) is 5.88 Å². The predicted octanol–water partition coefficient (Wildman–Crippen LogP) is 1.67. The highest BCUT2D eigenvalue weighted by Crippen LogP contribution is 2.17. The molecule has 6 heteroatoms. The van der Waals surface area contributed by atoms with E-state index in [2.05, 4.69) is 15.3 Å². The molecule has 0 aliphatic carbocycles. The molecule has 2 amide bonds. The Labute approximate surface area is 119 Å². The molecule has 1 fully saturated rings. The third kappa shape index (κ3) is 3.82. The largest absolute Gasteiger partial charge is 0.472 e. The van der Waals surface area contributed by atoms with E-state index in [-0.39, 0.29) is 12.1 Å². The summed E-state index contributed by atoms with van der Waals surface area (Å²) in [4.78, 5) is 22.2. The Bertz CT molecular complexity index is 458. The Morgan fingerprint density at radius 1 is 1.50 bits per heavy atom. The molecule has 1 aliphatic heterocycles. The summed E-state index contributed by atoms with van der Waals surface area (Å²) in [5, 5.41) is 2.82. The minimum Gasteiger partial charge on any atom is -0.472 e. The Morgan fingerprint density at radius 3 is 3.00 bits per heavy atom. The van der Waals surface area contributed by atoms with E-state index in [9.17, 15) is 4.79 Å². The first-order valence-corrected chi connectivity index (χ1v) is 7.10. The second-order valence-electron chi connectivity index (χ2n) is 5.06. The summed E-state index contributed by atoms with van der Waals surface area (Å²) in [5.74, 6) is 1.30. The van der Waals surface area contributed by atoms with Crippen LogP contribution in [0.5, 0.6) is 5.88 Å². The highest BCUT2D eigenvalue weighted by molar-refractivity contribution is 5.74. The maximum Gasteiger partial charge on any atom is 0.317 e. The average Bonchev–Trinajstić information content (AvgIpc) is 2.38. The van der Waals surface area contributed by atoms with Gasteiger partial charge < -0.3 is 15.0 Å². The number of amides is 2. The van der Waals surface area contributed by atoms with Gasteiger partial charge in [-0.05, 0) is 33.6 Å². The fourth-order valence-corrected chi connectivity index (χ4v) is 2.40. The fraction of sp³-hybridized carbons (Fsp3) is 0.643. The molecule has 0 bridgehead atoms. The molecule has 1 N–H and O–H groups in total. The van der Waals surface area contributed by atoms with Crippen LogP contribution in [0, 0.1) is 13.8 Å². The normalized spacial score (nSPS) is 18.8. The van der Waals surface area contributed by atoms with Gasteiger partial charge in [-0.15, -0.1) is 0 Å². The van der Waals surface area contributed by atoms with Gasteiger partial charge in [0.1, 0.15) is 11.9 Å². The lowest BCUT2D eigenvalue weighted by Crippen LogP contribution is -2.48. The summed E-state index contributed by atoms with van der Waals surface area (Å²) in [5.41, 5.74) is 0.892. The number of hydrogen-bond donors (Lipinski definition) is 1. The summed E-state index contributed by atoms with van der Waals surface area (Å²) in [6, 6.07) is 1.81. The van der Waals surface area contributed by atoms with Crippen molar-refractivity contribution in [1.29, 1.82) is 0 Å². The Morgan fingerprint density at radius 2 is 2.30 bits per heavy atom. The number of likely N-dealkylation sites (tertiary alicyclic amines) is 1. The third-order valence-electron chi connectivity index (χ3n) is 3.22. The molecule has 0 aromatic carbocycles. The van der Waals surface area contributed by atoms with Crippen LogP contribution in [0.15, 0.2) is 6.07 Å². The molecule has 1 aliphatic rings. The van der Waals surface area contributed by atoms with E-state index in [1.165, 1.54) is 0 Å². The molecular formula is C14H22N4O2. The zero-order valence-electron chi connectivity index (χ0n) is 12.3. The first-order valence-electron chi connectivity index (χ1n) is 7.10. The van der Waals surface area contributed by atoms with Gasteiger partial charge in [0.05, 0.1) is 6.54 Å². The fourth-order valence-electron chi connectivity index (χ4n) is 2.40. The highest BCUT2D eigenvalue weighted by atomic mass is 16.5. The number of carbonyl (C=O) groups is 1. The second-order valence-corrected chi connectivity index (χ2v) is 5.06. The van der Waals surface area contributed by atoms with E-state index in [0.717, 1.165) is 25.1 Å². The summed E-state index contributed by atoms with van der Waals surface area (Å²) >= 11 is 0. The smallest absolute Gasteiger partial charge is 0.317 e.